The zero-order valence-electron chi connectivity index (χ0n) is 13.0. The number of hydrogen-bond acceptors (Lipinski definition) is 4. The molecule has 130 valence electrons. The van der Waals surface area contributed by atoms with Crippen molar-refractivity contribution in [3.8, 4) is 0 Å². The number of pyridine rings is 1. The standard InChI is InChI=1S/C17H14ClFN2O3S/c18-16-9-14(19)5-6-17(16)25(22,23)21(12-15-4-2-8-24-15)11-13-3-1-7-20-10-13/h1-10H,11-12H2. The molecule has 2 aromatic heterocycles. The van der Waals surface area contributed by atoms with Gasteiger partial charge in [0.05, 0.1) is 17.8 Å². The molecule has 0 saturated heterocycles. The van der Waals surface area contributed by atoms with Crippen molar-refractivity contribution < 1.29 is 17.2 Å². The Bertz CT molecular complexity index is 947. The number of rotatable bonds is 6. The molecule has 0 spiro atoms. The summed E-state index contributed by atoms with van der Waals surface area (Å²) in [7, 11) is -3.98. The van der Waals surface area contributed by atoms with E-state index in [1.165, 1.54) is 10.6 Å². The third-order valence-corrected chi connectivity index (χ3v) is 5.78. The van der Waals surface area contributed by atoms with Crippen molar-refractivity contribution >= 4 is 21.6 Å². The lowest BCUT2D eigenvalue weighted by Crippen LogP contribution is -2.30. The van der Waals surface area contributed by atoms with Gasteiger partial charge in [0.2, 0.25) is 10.0 Å². The Hall–Kier alpha value is -2.22. The maximum atomic E-state index is 13.3. The van der Waals surface area contributed by atoms with Gasteiger partial charge in [0.1, 0.15) is 16.5 Å². The van der Waals surface area contributed by atoms with Crippen molar-refractivity contribution in [3.63, 3.8) is 0 Å². The van der Waals surface area contributed by atoms with E-state index in [-0.39, 0.29) is 23.0 Å². The zero-order chi connectivity index (χ0) is 17.9. The van der Waals surface area contributed by atoms with Gasteiger partial charge in [-0.3, -0.25) is 4.98 Å². The summed E-state index contributed by atoms with van der Waals surface area (Å²) in [5, 5.41) is -0.171. The summed E-state index contributed by atoms with van der Waals surface area (Å²) in [5.74, 6) is -0.125. The van der Waals surface area contributed by atoms with Crippen molar-refractivity contribution in [2.24, 2.45) is 0 Å². The van der Waals surface area contributed by atoms with Crippen LogP contribution in [0.2, 0.25) is 5.02 Å². The summed E-state index contributed by atoms with van der Waals surface area (Å²) >= 11 is 5.96. The Kier molecular flexibility index (Phi) is 5.17. The Morgan fingerprint density at radius 1 is 1.16 bits per heavy atom. The van der Waals surface area contributed by atoms with E-state index in [2.05, 4.69) is 4.98 Å². The molecule has 0 fully saturated rings. The van der Waals surface area contributed by atoms with Crippen molar-refractivity contribution in [3.05, 3.63) is 83.3 Å². The van der Waals surface area contributed by atoms with Crippen LogP contribution >= 0.6 is 11.6 Å². The highest BCUT2D eigenvalue weighted by molar-refractivity contribution is 7.89. The molecule has 8 heteroatoms. The highest BCUT2D eigenvalue weighted by Crippen LogP contribution is 2.27. The van der Waals surface area contributed by atoms with Crippen LogP contribution in [0.4, 0.5) is 4.39 Å². The second kappa shape index (κ2) is 7.35. The maximum absolute atomic E-state index is 13.3. The largest absolute Gasteiger partial charge is 0.468 e. The van der Waals surface area contributed by atoms with Crippen LogP contribution in [0.1, 0.15) is 11.3 Å². The minimum Gasteiger partial charge on any atom is -0.468 e. The van der Waals surface area contributed by atoms with Crippen molar-refractivity contribution in [2.45, 2.75) is 18.0 Å². The molecule has 0 N–H and O–H groups in total. The van der Waals surface area contributed by atoms with Gasteiger partial charge < -0.3 is 4.42 Å². The van der Waals surface area contributed by atoms with Crippen LogP contribution in [0.5, 0.6) is 0 Å². The second-order valence-electron chi connectivity index (χ2n) is 5.29. The minimum atomic E-state index is -3.98. The van der Waals surface area contributed by atoms with Crippen LogP contribution in [0.3, 0.4) is 0 Å². The molecule has 0 aliphatic rings. The van der Waals surface area contributed by atoms with Gasteiger partial charge in [0.15, 0.2) is 0 Å². The van der Waals surface area contributed by atoms with Gasteiger partial charge in [0.25, 0.3) is 0 Å². The molecule has 3 rings (SSSR count). The van der Waals surface area contributed by atoms with E-state index in [0.717, 1.165) is 18.2 Å². The summed E-state index contributed by atoms with van der Waals surface area (Å²) in [6.45, 7) is 0.0858. The molecule has 3 aromatic rings. The predicted molar refractivity (Wildman–Crippen MR) is 90.8 cm³/mol. The molecule has 0 aliphatic carbocycles. The van der Waals surface area contributed by atoms with Gasteiger partial charge >= 0.3 is 0 Å². The first kappa shape index (κ1) is 17.6. The van der Waals surface area contributed by atoms with E-state index in [1.54, 1.807) is 36.7 Å². The average molecular weight is 381 g/mol. The van der Waals surface area contributed by atoms with Crippen LogP contribution in [-0.2, 0) is 23.1 Å². The van der Waals surface area contributed by atoms with Crippen molar-refractivity contribution in [1.29, 1.82) is 0 Å². The molecule has 0 atom stereocenters. The quantitative estimate of drug-likeness (QED) is 0.651. The van der Waals surface area contributed by atoms with E-state index < -0.39 is 15.8 Å². The molecular weight excluding hydrogens is 367 g/mol. The average Bonchev–Trinajstić information content (AvgIpc) is 3.08. The maximum Gasteiger partial charge on any atom is 0.245 e. The summed E-state index contributed by atoms with van der Waals surface area (Å²) < 4.78 is 45.9. The van der Waals surface area contributed by atoms with E-state index in [9.17, 15) is 12.8 Å². The molecule has 1 aromatic carbocycles. The normalized spacial score (nSPS) is 11.8. The second-order valence-corrected chi connectivity index (χ2v) is 7.60. The van der Waals surface area contributed by atoms with Crippen LogP contribution in [0, 0.1) is 5.82 Å². The fraction of sp³-hybridized carbons (Fsp3) is 0.118. The molecule has 2 heterocycles. The monoisotopic (exact) mass is 380 g/mol. The number of aromatic nitrogens is 1. The lowest BCUT2D eigenvalue weighted by atomic mass is 10.3. The first-order valence-corrected chi connectivity index (χ1v) is 9.15. The molecule has 25 heavy (non-hydrogen) atoms. The first-order valence-electron chi connectivity index (χ1n) is 7.33. The van der Waals surface area contributed by atoms with Gasteiger partial charge in [-0.05, 0) is 42.0 Å². The Balaban J connectivity index is 1.99. The van der Waals surface area contributed by atoms with Gasteiger partial charge in [0, 0.05) is 18.9 Å². The molecule has 0 bridgehead atoms. The van der Waals surface area contributed by atoms with Crippen molar-refractivity contribution in [1.82, 2.24) is 9.29 Å². The van der Waals surface area contributed by atoms with Gasteiger partial charge in [-0.1, -0.05) is 17.7 Å². The van der Waals surface area contributed by atoms with Crippen LogP contribution < -0.4 is 0 Å². The molecule has 0 unspecified atom stereocenters. The number of furan rings is 1. The molecule has 0 aliphatic heterocycles. The summed E-state index contributed by atoms with van der Waals surface area (Å²) in [6.07, 6.45) is 4.65. The van der Waals surface area contributed by atoms with Gasteiger partial charge in [-0.2, -0.15) is 4.31 Å². The number of hydrogen-bond donors (Lipinski definition) is 0. The molecule has 0 amide bonds. The van der Waals surface area contributed by atoms with Gasteiger partial charge in [-0.15, -0.1) is 0 Å². The van der Waals surface area contributed by atoms with Crippen LogP contribution in [-0.4, -0.2) is 17.7 Å². The topological polar surface area (TPSA) is 63.4 Å². The third kappa shape index (κ3) is 4.07. The van der Waals surface area contributed by atoms with E-state index in [1.807, 2.05) is 0 Å². The highest BCUT2D eigenvalue weighted by atomic mass is 35.5. The lowest BCUT2D eigenvalue weighted by molar-refractivity contribution is 0.358. The summed E-state index contributed by atoms with van der Waals surface area (Å²) in [4.78, 5) is 3.84. The Labute approximate surface area is 149 Å². The summed E-state index contributed by atoms with van der Waals surface area (Å²) in [6, 6.07) is 10.0. The Morgan fingerprint density at radius 3 is 2.64 bits per heavy atom. The summed E-state index contributed by atoms with van der Waals surface area (Å²) in [5.41, 5.74) is 0.705. The number of halogens is 2. The van der Waals surface area contributed by atoms with Crippen LogP contribution in [0.25, 0.3) is 0 Å². The van der Waals surface area contributed by atoms with Crippen molar-refractivity contribution in [2.75, 3.05) is 0 Å². The smallest absolute Gasteiger partial charge is 0.245 e. The molecular formula is C17H14ClFN2O3S. The number of nitrogens with zero attached hydrogens (tertiary/aromatic N) is 2. The van der Waals surface area contributed by atoms with Crippen LogP contribution in [0.15, 0.2) is 70.4 Å². The third-order valence-electron chi connectivity index (χ3n) is 3.51. The molecule has 0 saturated carbocycles. The number of sulfonamides is 1. The number of benzene rings is 1. The Morgan fingerprint density at radius 2 is 2.00 bits per heavy atom. The van der Waals surface area contributed by atoms with E-state index in [0.29, 0.717) is 11.3 Å². The highest BCUT2D eigenvalue weighted by Gasteiger charge is 2.28. The lowest BCUT2D eigenvalue weighted by Gasteiger charge is -2.22. The van der Waals surface area contributed by atoms with E-state index in [4.69, 9.17) is 16.0 Å². The van der Waals surface area contributed by atoms with Gasteiger partial charge in [-0.25, -0.2) is 12.8 Å². The fourth-order valence-corrected chi connectivity index (χ4v) is 4.22. The van der Waals surface area contributed by atoms with E-state index >= 15 is 0 Å². The zero-order valence-corrected chi connectivity index (χ0v) is 14.5. The minimum absolute atomic E-state index is 0.0118. The first-order chi connectivity index (χ1) is 12.0. The fourth-order valence-electron chi connectivity index (χ4n) is 2.32. The SMILES string of the molecule is O=S(=O)(c1ccc(F)cc1Cl)N(Cc1cccnc1)Cc1ccco1. The molecule has 0 radical (unpaired) electrons. The molecule has 5 nitrogen and oxygen atoms in total. The predicted octanol–water partition coefficient (Wildman–Crippen LogP) is 3.86.